The third kappa shape index (κ3) is 6.20. The van der Waals surface area contributed by atoms with Gasteiger partial charge < -0.3 is 21.3 Å². The first-order valence-electron chi connectivity index (χ1n) is 10.4. The van der Waals surface area contributed by atoms with Crippen LogP contribution < -0.4 is 21.3 Å². The van der Waals surface area contributed by atoms with E-state index in [1.165, 1.54) is 23.8 Å². The molecule has 7 nitrogen and oxygen atoms in total. The van der Waals surface area contributed by atoms with Crippen LogP contribution in [0.3, 0.4) is 0 Å². The summed E-state index contributed by atoms with van der Waals surface area (Å²) in [6.45, 7) is 3.86. The molecule has 2 amide bonds. The maximum Gasteiger partial charge on any atom is 0.323 e. The molecular weight excluding hydrogens is 455 g/mol. The minimum absolute atomic E-state index is 0.0644. The Morgan fingerprint density at radius 2 is 1.24 bits per heavy atom. The van der Waals surface area contributed by atoms with Crippen molar-refractivity contribution < 1.29 is 9.18 Å². The highest BCUT2D eigenvalue weighted by Gasteiger charge is 2.07. The van der Waals surface area contributed by atoms with Gasteiger partial charge in [-0.05, 0) is 68.4 Å². The van der Waals surface area contributed by atoms with Crippen LogP contribution in [0.1, 0.15) is 11.4 Å². The monoisotopic (exact) mass is 476 g/mol. The topological polar surface area (TPSA) is 91.0 Å². The van der Waals surface area contributed by atoms with Gasteiger partial charge in [-0.15, -0.1) is 0 Å². The zero-order valence-electron chi connectivity index (χ0n) is 18.5. The summed E-state index contributed by atoms with van der Waals surface area (Å²) >= 11 is 5.74. The SMILES string of the molecule is Cc1ccc(Nc2cc(Nc3ccc(NC(=O)Nc4ccc(F)c(Cl)c4)cc3)nc(C)n2)cc1. The Balaban J connectivity index is 1.38. The van der Waals surface area contributed by atoms with E-state index < -0.39 is 11.8 Å². The number of nitrogens with one attached hydrogen (secondary N) is 4. The van der Waals surface area contributed by atoms with Gasteiger partial charge >= 0.3 is 6.03 Å². The number of aromatic nitrogens is 2. The van der Waals surface area contributed by atoms with Crippen molar-refractivity contribution in [3.63, 3.8) is 0 Å². The molecule has 0 aliphatic rings. The second kappa shape index (κ2) is 10.2. The quantitative estimate of drug-likeness (QED) is 0.240. The maximum atomic E-state index is 13.3. The van der Waals surface area contributed by atoms with E-state index in [0.717, 1.165) is 11.4 Å². The lowest BCUT2D eigenvalue weighted by molar-refractivity contribution is 0.262. The molecule has 0 aliphatic heterocycles. The smallest absolute Gasteiger partial charge is 0.323 e. The normalized spacial score (nSPS) is 10.5. The van der Waals surface area contributed by atoms with Gasteiger partial charge in [0.05, 0.1) is 5.02 Å². The van der Waals surface area contributed by atoms with Crippen molar-refractivity contribution in [2.24, 2.45) is 0 Å². The van der Waals surface area contributed by atoms with Gasteiger partial charge in [-0.25, -0.2) is 19.2 Å². The number of carbonyl (C=O) groups is 1. The lowest BCUT2D eigenvalue weighted by atomic mass is 10.2. The number of urea groups is 1. The second-order valence-electron chi connectivity index (χ2n) is 7.59. The summed E-state index contributed by atoms with van der Waals surface area (Å²) in [5, 5.41) is 11.8. The van der Waals surface area contributed by atoms with E-state index in [1.54, 1.807) is 12.1 Å². The van der Waals surface area contributed by atoms with Gasteiger partial charge in [0.15, 0.2) is 0 Å². The zero-order valence-corrected chi connectivity index (χ0v) is 19.2. The molecule has 0 saturated carbocycles. The Hall–Kier alpha value is -4.17. The third-order valence-corrected chi connectivity index (χ3v) is 5.04. The molecule has 172 valence electrons. The molecule has 9 heteroatoms. The van der Waals surface area contributed by atoms with E-state index in [4.69, 9.17) is 11.6 Å². The van der Waals surface area contributed by atoms with E-state index in [1.807, 2.05) is 56.3 Å². The second-order valence-corrected chi connectivity index (χ2v) is 7.99. The Bertz CT molecular complexity index is 1310. The molecule has 0 atom stereocenters. The fraction of sp³-hybridized carbons (Fsp3) is 0.0800. The first-order valence-corrected chi connectivity index (χ1v) is 10.8. The van der Waals surface area contributed by atoms with Crippen LogP contribution in [0.4, 0.5) is 43.6 Å². The standard InChI is InChI=1S/C25H22ClFN6O/c1-15-3-5-17(6-4-15)30-23-14-24(29-16(2)28-23)31-18-7-9-19(10-8-18)32-25(34)33-20-11-12-22(27)21(26)13-20/h3-14H,1-2H3,(H2,32,33,34)(H2,28,29,30,31). The Morgan fingerprint density at radius 1 is 0.735 bits per heavy atom. The number of hydrogen-bond donors (Lipinski definition) is 4. The van der Waals surface area contributed by atoms with E-state index >= 15 is 0 Å². The van der Waals surface area contributed by atoms with Crippen LogP contribution in [-0.4, -0.2) is 16.0 Å². The molecule has 0 radical (unpaired) electrons. The van der Waals surface area contributed by atoms with Crippen molar-refractivity contribution >= 4 is 52.0 Å². The molecule has 3 aromatic carbocycles. The third-order valence-electron chi connectivity index (χ3n) is 4.75. The fourth-order valence-electron chi connectivity index (χ4n) is 3.13. The molecule has 34 heavy (non-hydrogen) atoms. The largest absolute Gasteiger partial charge is 0.340 e. The maximum absolute atomic E-state index is 13.3. The minimum Gasteiger partial charge on any atom is -0.340 e. The van der Waals surface area contributed by atoms with Crippen LogP contribution in [0, 0.1) is 19.7 Å². The van der Waals surface area contributed by atoms with Crippen molar-refractivity contribution in [2.45, 2.75) is 13.8 Å². The number of aryl methyl sites for hydroxylation is 2. The summed E-state index contributed by atoms with van der Waals surface area (Å²) in [4.78, 5) is 21.1. The average Bonchev–Trinajstić information content (AvgIpc) is 2.79. The van der Waals surface area contributed by atoms with Crippen molar-refractivity contribution in [2.75, 3.05) is 21.3 Å². The van der Waals surface area contributed by atoms with E-state index in [9.17, 15) is 9.18 Å². The first-order chi connectivity index (χ1) is 16.3. The molecule has 0 spiro atoms. The van der Waals surface area contributed by atoms with Crippen molar-refractivity contribution in [3.8, 4) is 0 Å². The van der Waals surface area contributed by atoms with Gasteiger partial charge in [0.1, 0.15) is 23.3 Å². The molecule has 4 aromatic rings. The predicted molar refractivity (Wildman–Crippen MR) is 135 cm³/mol. The first kappa shape index (κ1) is 23.0. The van der Waals surface area contributed by atoms with Gasteiger partial charge in [-0.2, -0.15) is 0 Å². The van der Waals surface area contributed by atoms with Gasteiger partial charge in [0.25, 0.3) is 0 Å². The molecule has 4 N–H and O–H groups in total. The summed E-state index contributed by atoms with van der Waals surface area (Å²) in [6.07, 6.45) is 0. The Kier molecular flexibility index (Phi) is 6.89. The highest BCUT2D eigenvalue weighted by Crippen LogP contribution is 2.23. The molecule has 0 bridgehead atoms. The summed E-state index contributed by atoms with van der Waals surface area (Å²) in [5.74, 6) is 1.38. The zero-order chi connectivity index (χ0) is 24.1. The highest BCUT2D eigenvalue weighted by molar-refractivity contribution is 6.31. The van der Waals surface area contributed by atoms with Crippen LogP contribution >= 0.6 is 11.6 Å². The fourth-order valence-corrected chi connectivity index (χ4v) is 3.31. The van der Waals surface area contributed by atoms with Crippen LogP contribution in [0.25, 0.3) is 0 Å². The molecule has 1 heterocycles. The molecule has 0 fully saturated rings. The Labute approximate surface area is 201 Å². The van der Waals surface area contributed by atoms with E-state index in [2.05, 4.69) is 31.2 Å². The number of anilines is 6. The van der Waals surface area contributed by atoms with E-state index in [-0.39, 0.29) is 5.02 Å². The molecule has 4 rings (SSSR count). The molecule has 0 unspecified atom stereocenters. The number of amides is 2. The van der Waals surface area contributed by atoms with Crippen LogP contribution in [0.2, 0.25) is 5.02 Å². The van der Waals surface area contributed by atoms with Gasteiger partial charge in [0.2, 0.25) is 0 Å². The summed E-state index contributed by atoms with van der Waals surface area (Å²) in [5.41, 5.74) is 3.87. The highest BCUT2D eigenvalue weighted by atomic mass is 35.5. The molecule has 1 aromatic heterocycles. The van der Waals surface area contributed by atoms with Crippen molar-refractivity contribution in [3.05, 3.63) is 95.0 Å². The van der Waals surface area contributed by atoms with Gasteiger partial charge in [-0.3, -0.25) is 0 Å². The predicted octanol–water partition coefficient (Wildman–Crippen LogP) is 7.02. The summed E-state index contributed by atoms with van der Waals surface area (Å²) in [6, 6.07) is 20.5. The minimum atomic E-state index is -0.548. The lowest BCUT2D eigenvalue weighted by Gasteiger charge is -2.12. The van der Waals surface area contributed by atoms with Gasteiger partial charge in [0, 0.05) is 28.8 Å². The number of nitrogens with zero attached hydrogens (tertiary/aromatic N) is 2. The molecule has 0 saturated heterocycles. The number of halogens is 2. The van der Waals surface area contributed by atoms with Crippen LogP contribution in [0.5, 0.6) is 0 Å². The molecular formula is C25H22ClFN6O. The molecule has 0 aliphatic carbocycles. The van der Waals surface area contributed by atoms with E-state index in [0.29, 0.717) is 28.8 Å². The van der Waals surface area contributed by atoms with Crippen LogP contribution in [0.15, 0.2) is 72.8 Å². The summed E-state index contributed by atoms with van der Waals surface area (Å²) < 4.78 is 13.3. The number of hydrogen-bond acceptors (Lipinski definition) is 5. The number of carbonyl (C=O) groups excluding carboxylic acids is 1. The van der Waals surface area contributed by atoms with Crippen LogP contribution in [-0.2, 0) is 0 Å². The average molecular weight is 477 g/mol. The number of benzene rings is 3. The summed E-state index contributed by atoms with van der Waals surface area (Å²) in [7, 11) is 0. The van der Waals surface area contributed by atoms with Crippen molar-refractivity contribution in [1.82, 2.24) is 9.97 Å². The number of rotatable bonds is 6. The van der Waals surface area contributed by atoms with Crippen molar-refractivity contribution in [1.29, 1.82) is 0 Å². The lowest BCUT2D eigenvalue weighted by Crippen LogP contribution is -2.19. The Morgan fingerprint density at radius 3 is 1.82 bits per heavy atom. The van der Waals surface area contributed by atoms with Gasteiger partial charge in [-0.1, -0.05) is 29.3 Å².